The summed E-state index contributed by atoms with van der Waals surface area (Å²) in [7, 11) is 0. The lowest BCUT2D eigenvalue weighted by molar-refractivity contribution is -0.124. The van der Waals surface area contributed by atoms with Crippen molar-refractivity contribution in [2.45, 2.75) is 109 Å². The highest BCUT2D eigenvalue weighted by Gasteiger charge is 2.48. The second kappa shape index (κ2) is 9.71. The van der Waals surface area contributed by atoms with E-state index in [0.29, 0.717) is 54.8 Å². The van der Waals surface area contributed by atoms with Gasteiger partial charge in [-0.2, -0.15) is 0 Å². The highest BCUT2D eigenvalue weighted by atomic mass is 19.1. The van der Waals surface area contributed by atoms with Crippen molar-refractivity contribution in [1.82, 2.24) is 26.2 Å². The van der Waals surface area contributed by atoms with Crippen LogP contribution >= 0.6 is 0 Å². The molecule has 3 aliphatic heterocycles. The fourth-order valence-corrected chi connectivity index (χ4v) is 7.54. The van der Waals surface area contributed by atoms with Gasteiger partial charge in [0.25, 0.3) is 0 Å². The Morgan fingerprint density at radius 3 is 2.48 bits per heavy atom. The highest BCUT2D eigenvalue weighted by Crippen LogP contribution is 2.40. The van der Waals surface area contributed by atoms with Crippen molar-refractivity contribution in [2.75, 3.05) is 19.6 Å². The van der Waals surface area contributed by atoms with Crippen molar-refractivity contribution < 1.29 is 9.18 Å². The minimum atomic E-state index is -0.760. The third kappa shape index (κ3) is 5.12. The molecule has 3 saturated heterocycles. The number of hydrogen-bond donors (Lipinski definition) is 4. The van der Waals surface area contributed by atoms with Gasteiger partial charge in [-0.15, -0.1) is 0 Å². The lowest BCUT2D eigenvalue weighted by Crippen LogP contribution is -2.60. The van der Waals surface area contributed by atoms with Gasteiger partial charge in [-0.05, 0) is 82.6 Å². The summed E-state index contributed by atoms with van der Waals surface area (Å²) < 4.78 is 14.5. The summed E-state index contributed by atoms with van der Waals surface area (Å²) in [6.45, 7) is 12.4. The molecular formula is C26H46FN5O. The number of carbonyl (C=O) groups excluding carboxylic acids is 1. The maximum absolute atomic E-state index is 14.5. The Kier molecular flexibility index (Phi) is 7.05. The van der Waals surface area contributed by atoms with E-state index in [1.54, 1.807) is 0 Å². The van der Waals surface area contributed by atoms with E-state index in [9.17, 15) is 9.18 Å². The Hall–Kier alpha value is -0.760. The zero-order valence-corrected chi connectivity index (χ0v) is 21.0. The molecule has 0 aromatic heterocycles. The average molecular weight is 464 g/mol. The van der Waals surface area contributed by atoms with Crippen molar-refractivity contribution in [3.63, 3.8) is 0 Å². The molecule has 5 aliphatic rings. The van der Waals surface area contributed by atoms with Crippen LogP contribution in [0.2, 0.25) is 0 Å². The molecule has 11 atom stereocenters. The van der Waals surface area contributed by atoms with Crippen LogP contribution in [-0.2, 0) is 4.79 Å². The Morgan fingerprint density at radius 1 is 1.06 bits per heavy atom. The van der Waals surface area contributed by atoms with Gasteiger partial charge in [-0.25, -0.2) is 4.39 Å². The van der Waals surface area contributed by atoms with Crippen molar-refractivity contribution in [3.05, 3.63) is 0 Å². The molecule has 5 fully saturated rings. The van der Waals surface area contributed by atoms with Crippen molar-refractivity contribution in [1.29, 1.82) is 0 Å². The Balaban J connectivity index is 1.16. The summed E-state index contributed by atoms with van der Waals surface area (Å²) in [5, 5.41) is 14.5. The molecule has 0 aromatic rings. The predicted molar refractivity (Wildman–Crippen MR) is 129 cm³/mol. The SMILES string of the molecule is CC1CN(CC2CNC(C(NC(=O)C3CC4C(F)CCC(C)C4N3)C3CC3)C(C)C2)C(C)N1. The van der Waals surface area contributed by atoms with Gasteiger partial charge >= 0.3 is 0 Å². The second-order valence-corrected chi connectivity index (χ2v) is 12.3. The number of fused-ring (bicyclic) bond motifs is 1. The van der Waals surface area contributed by atoms with Gasteiger partial charge in [-0.1, -0.05) is 13.8 Å². The van der Waals surface area contributed by atoms with Crippen LogP contribution in [0.3, 0.4) is 0 Å². The molecule has 0 spiro atoms. The third-order valence-electron chi connectivity index (χ3n) is 9.52. The molecule has 7 heteroatoms. The molecule has 4 N–H and O–H groups in total. The smallest absolute Gasteiger partial charge is 0.237 e. The molecule has 188 valence electrons. The molecule has 2 saturated carbocycles. The van der Waals surface area contributed by atoms with Crippen LogP contribution in [-0.4, -0.2) is 73.0 Å². The normalized spacial score (nSPS) is 47.3. The van der Waals surface area contributed by atoms with Crippen LogP contribution < -0.4 is 21.3 Å². The van der Waals surface area contributed by atoms with Crippen LogP contribution in [0.4, 0.5) is 4.39 Å². The third-order valence-corrected chi connectivity index (χ3v) is 9.52. The topological polar surface area (TPSA) is 68.4 Å². The number of nitrogens with zero attached hydrogens (tertiary/aromatic N) is 1. The monoisotopic (exact) mass is 463 g/mol. The van der Waals surface area contributed by atoms with Gasteiger partial charge in [0.05, 0.1) is 12.2 Å². The molecule has 0 bridgehead atoms. The number of carbonyl (C=O) groups is 1. The number of alkyl halides is 1. The van der Waals surface area contributed by atoms with E-state index < -0.39 is 6.17 Å². The fraction of sp³-hybridized carbons (Fsp3) is 0.962. The molecule has 5 rings (SSSR count). The minimum Gasteiger partial charge on any atom is -0.350 e. The number of amides is 1. The first-order valence-corrected chi connectivity index (χ1v) is 13.7. The maximum atomic E-state index is 14.5. The molecule has 1 amide bonds. The summed E-state index contributed by atoms with van der Waals surface area (Å²) in [4.78, 5) is 15.9. The van der Waals surface area contributed by atoms with E-state index in [0.717, 1.165) is 26.1 Å². The number of rotatable bonds is 6. The number of halogens is 1. The average Bonchev–Trinajstić information content (AvgIpc) is 3.42. The van der Waals surface area contributed by atoms with E-state index in [1.165, 1.54) is 19.3 Å². The zero-order chi connectivity index (χ0) is 23.3. The van der Waals surface area contributed by atoms with Gasteiger partial charge < -0.3 is 16.0 Å². The zero-order valence-electron chi connectivity index (χ0n) is 21.0. The van der Waals surface area contributed by atoms with Crippen LogP contribution in [0.15, 0.2) is 0 Å². The van der Waals surface area contributed by atoms with Gasteiger partial charge in [0.2, 0.25) is 5.91 Å². The Labute approximate surface area is 199 Å². The van der Waals surface area contributed by atoms with Gasteiger partial charge in [-0.3, -0.25) is 15.0 Å². The number of piperidine rings is 1. The summed E-state index contributed by atoms with van der Waals surface area (Å²) in [6, 6.07) is 1.02. The quantitative estimate of drug-likeness (QED) is 0.487. The lowest BCUT2D eigenvalue weighted by atomic mass is 9.77. The maximum Gasteiger partial charge on any atom is 0.237 e. The Bertz CT molecular complexity index is 686. The Morgan fingerprint density at radius 2 is 1.85 bits per heavy atom. The highest BCUT2D eigenvalue weighted by molar-refractivity contribution is 5.82. The van der Waals surface area contributed by atoms with Gasteiger partial charge in [0.15, 0.2) is 0 Å². The lowest BCUT2D eigenvalue weighted by Gasteiger charge is -2.41. The van der Waals surface area contributed by atoms with E-state index in [4.69, 9.17) is 0 Å². The molecule has 0 aromatic carbocycles. The van der Waals surface area contributed by atoms with Crippen molar-refractivity contribution in [3.8, 4) is 0 Å². The molecule has 11 unspecified atom stereocenters. The summed E-state index contributed by atoms with van der Waals surface area (Å²) >= 11 is 0. The van der Waals surface area contributed by atoms with Crippen LogP contribution in [0, 0.1) is 29.6 Å². The van der Waals surface area contributed by atoms with Crippen molar-refractivity contribution >= 4 is 5.91 Å². The largest absolute Gasteiger partial charge is 0.350 e. The summed E-state index contributed by atoms with van der Waals surface area (Å²) in [6.07, 6.45) is 5.55. The standard InChI is InChI=1S/C26H46FN5O/c1-14-5-8-21(27)20-10-22(30-23(14)20)26(33)31-25(19-6-7-19)24-15(2)9-18(11-28-24)13-32-12-16(3)29-17(32)4/h14-25,28-30H,5-13H2,1-4H3,(H,31,33). The number of hydrogen-bond acceptors (Lipinski definition) is 5. The van der Waals surface area contributed by atoms with Gasteiger partial charge in [0.1, 0.15) is 6.17 Å². The van der Waals surface area contributed by atoms with Gasteiger partial charge in [0, 0.05) is 43.2 Å². The molecule has 0 radical (unpaired) electrons. The van der Waals surface area contributed by atoms with E-state index in [2.05, 4.69) is 53.9 Å². The van der Waals surface area contributed by atoms with Crippen LogP contribution in [0.1, 0.15) is 66.2 Å². The first-order valence-electron chi connectivity index (χ1n) is 13.7. The fourth-order valence-electron chi connectivity index (χ4n) is 7.54. The van der Waals surface area contributed by atoms with E-state index in [-0.39, 0.29) is 30.0 Å². The first kappa shape index (κ1) is 24.0. The second-order valence-electron chi connectivity index (χ2n) is 12.3. The molecule has 33 heavy (non-hydrogen) atoms. The first-order chi connectivity index (χ1) is 15.8. The van der Waals surface area contributed by atoms with E-state index >= 15 is 0 Å². The van der Waals surface area contributed by atoms with E-state index in [1.807, 2.05) is 0 Å². The molecule has 2 aliphatic carbocycles. The van der Waals surface area contributed by atoms with Crippen molar-refractivity contribution in [2.24, 2.45) is 29.6 Å². The summed E-state index contributed by atoms with van der Waals surface area (Å²) in [5.74, 6) is 2.33. The predicted octanol–water partition coefficient (Wildman–Crippen LogP) is 2.25. The minimum absolute atomic E-state index is 0.00143. The molecule has 6 nitrogen and oxygen atoms in total. The van der Waals surface area contributed by atoms with Crippen LogP contribution in [0.5, 0.6) is 0 Å². The number of nitrogens with one attached hydrogen (secondary N) is 4. The molecular weight excluding hydrogens is 417 g/mol. The summed E-state index contributed by atoms with van der Waals surface area (Å²) in [5.41, 5.74) is 0. The molecule has 3 heterocycles. The van der Waals surface area contributed by atoms with Crippen LogP contribution in [0.25, 0.3) is 0 Å².